The van der Waals surface area contributed by atoms with Gasteiger partial charge in [-0.05, 0) is 57.1 Å². The zero-order valence-electron chi connectivity index (χ0n) is 19.7. The lowest BCUT2D eigenvalue weighted by Gasteiger charge is -2.35. The molecular formula is C25H31F3N4O3. The molecule has 7 nitrogen and oxygen atoms in total. The van der Waals surface area contributed by atoms with Crippen molar-refractivity contribution in [2.75, 3.05) is 25.0 Å². The van der Waals surface area contributed by atoms with Crippen LogP contribution in [0.1, 0.15) is 54.1 Å². The quantitative estimate of drug-likeness (QED) is 0.569. The van der Waals surface area contributed by atoms with Gasteiger partial charge in [0.1, 0.15) is 5.82 Å². The Kier molecular flexibility index (Phi) is 9.08. The first-order chi connectivity index (χ1) is 16.6. The molecule has 0 bridgehead atoms. The Hall–Kier alpha value is -3.14. The van der Waals surface area contributed by atoms with Crippen molar-refractivity contribution in [1.29, 1.82) is 0 Å². The number of anilines is 1. The van der Waals surface area contributed by atoms with Crippen molar-refractivity contribution in [2.24, 2.45) is 5.92 Å². The molecule has 190 valence electrons. The van der Waals surface area contributed by atoms with Crippen LogP contribution < -0.4 is 5.32 Å². The normalized spacial score (nSPS) is 19.0. The Bertz CT molecular complexity index is 1030. The molecule has 2 aliphatic rings. The summed E-state index contributed by atoms with van der Waals surface area (Å²) in [6, 6.07) is 9.92. The molecule has 4 rings (SSSR count). The summed E-state index contributed by atoms with van der Waals surface area (Å²) in [6.07, 6.45) is 7.31. The van der Waals surface area contributed by atoms with Crippen LogP contribution in [-0.4, -0.2) is 57.5 Å². The van der Waals surface area contributed by atoms with Crippen LogP contribution in [0.2, 0.25) is 0 Å². The molecule has 1 amide bonds. The number of rotatable bonds is 5. The minimum Gasteiger partial charge on any atom is -0.475 e. The third kappa shape index (κ3) is 7.95. The molecule has 1 saturated heterocycles. The average Bonchev–Trinajstić information content (AvgIpc) is 3.28. The number of carboxylic acid groups (broad SMARTS) is 1. The van der Waals surface area contributed by atoms with Crippen LogP contribution in [0.15, 0.2) is 48.7 Å². The molecule has 2 N–H and O–H groups in total. The van der Waals surface area contributed by atoms with Gasteiger partial charge in [0, 0.05) is 31.3 Å². The highest BCUT2D eigenvalue weighted by Crippen LogP contribution is 2.28. The van der Waals surface area contributed by atoms with Gasteiger partial charge in [-0.25, -0.2) is 9.48 Å². The Labute approximate surface area is 202 Å². The summed E-state index contributed by atoms with van der Waals surface area (Å²) in [5, 5.41) is 14.7. The van der Waals surface area contributed by atoms with Gasteiger partial charge in [0.25, 0.3) is 5.91 Å². The van der Waals surface area contributed by atoms with E-state index in [1.807, 2.05) is 41.9 Å². The van der Waals surface area contributed by atoms with Gasteiger partial charge in [-0.2, -0.15) is 18.3 Å². The largest absolute Gasteiger partial charge is 0.490 e. The predicted molar refractivity (Wildman–Crippen MR) is 126 cm³/mol. The number of halogens is 3. The highest BCUT2D eigenvalue weighted by atomic mass is 19.4. The van der Waals surface area contributed by atoms with Crippen molar-refractivity contribution in [3.63, 3.8) is 0 Å². The van der Waals surface area contributed by atoms with Crippen molar-refractivity contribution in [3.05, 3.63) is 59.8 Å². The Morgan fingerprint density at radius 1 is 1.14 bits per heavy atom. The molecule has 0 saturated carbocycles. The number of likely N-dealkylation sites (tertiary alicyclic amines) is 1. The molecule has 1 aliphatic carbocycles. The Morgan fingerprint density at radius 3 is 2.46 bits per heavy atom. The van der Waals surface area contributed by atoms with Crippen LogP contribution in [0.25, 0.3) is 0 Å². The van der Waals surface area contributed by atoms with E-state index >= 15 is 0 Å². The topological polar surface area (TPSA) is 87.5 Å². The molecular weight excluding hydrogens is 461 g/mol. The minimum atomic E-state index is -5.08. The van der Waals surface area contributed by atoms with E-state index in [9.17, 15) is 18.0 Å². The number of aromatic nitrogens is 2. The number of carbonyl (C=O) groups is 2. The number of aliphatic carboxylic acids is 1. The van der Waals surface area contributed by atoms with Gasteiger partial charge in [0.2, 0.25) is 0 Å². The second kappa shape index (κ2) is 12.0. The number of alkyl halides is 3. The Morgan fingerprint density at radius 2 is 1.86 bits per heavy atom. The first-order valence-electron chi connectivity index (χ1n) is 11.7. The first-order valence-corrected chi connectivity index (χ1v) is 11.7. The van der Waals surface area contributed by atoms with E-state index in [0.29, 0.717) is 11.6 Å². The molecule has 1 unspecified atom stereocenters. The molecule has 1 atom stereocenters. The molecule has 0 spiro atoms. The fourth-order valence-electron chi connectivity index (χ4n) is 4.41. The fourth-order valence-corrected chi connectivity index (χ4v) is 4.41. The van der Waals surface area contributed by atoms with Crippen LogP contribution >= 0.6 is 0 Å². The van der Waals surface area contributed by atoms with Gasteiger partial charge in [-0.15, -0.1) is 0 Å². The summed E-state index contributed by atoms with van der Waals surface area (Å²) in [4.78, 5) is 24.1. The number of carbonyl (C=O) groups excluding carboxylic acids is 1. The standard InChI is InChI=1S/C23H30N4O.C2HF3O2/c1-18-6-5-9-20(16-18)23(28)25-22-10-13-24-27(22)21-11-14-26(15-12-21)17-19-7-3-2-4-8-19;3-2(4,5)1(6)7/h2-3,5-6,9-10,13,16,19,21H,4,7-8,11-12,14-15,17H2,1H3,(H,25,28);(H,6,7). The van der Waals surface area contributed by atoms with E-state index < -0.39 is 12.1 Å². The van der Waals surface area contributed by atoms with Crippen molar-refractivity contribution in [3.8, 4) is 0 Å². The lowest BCUT2D eigenvalue weighted by atomic mass is 9.93. The molecule has 1 aliphatic heterocycles. The molecule has 0 radical (unpaired) electrons. The average molecular weight is 493 g/mol. The summed E-state index contributed by atoms with van der Waals surface area (Å²) in [5.41, 5.74) is 1.77. The van der Waals surface area contributed by atoms with Gasteiger partial charge in [-0.1, -0.05) is 29.8 Å². The number of carboxylic acids is 1. The first kappa shape index (κ1) is 26.5. The number of hydrogen-bond acceptors (Lipinski definition) is 4. The van der Waals surface area contributed by atoms with Gasteiger partial charge >= 0.3 is 12.1 Å². The SMILES string of the molecule is Cc1cccc(C(=O)Nc2ccnn2C2CCN(CC3CC=CCC3)CC2)c1.O=C(O)C(F)(F)F. The van der Waals surface area contributed by atoms with Crippen LogP contribution in [-0.2, 0) is 4.79 Å². The second-order valence-electron chi connectivity index (χ2n) is 8.97. The number of allylic oxidation sites excluding steroid dienone is 2. The highest BCUT2D eigenvalue weighted by molar-refractivity contribution is 6.03. The molecule has 2 aromatic rings. The van der Waals surface area contributed by atoms with Crippen molar-refractivity contribution in [1.82, 2.24) is 14.7 Å². The number of nitrogens with one attached hydrogen (secondary N) is 1. The van der Waals surface area contributed by atoms with Crippen LogP contribution in [0, 0.1) is 12.8 Å². The van der Waals surface area contributed by atoms with E-state index in [2.05, 4.69) is 27.5 Å². The molecule has 1 fully saturated rings. The summed E-state index contributed by atoms with van der Waals surface area (Å²) in [7, 11) is 0. The minimum absolute atomic E-state index is 0.0757. The number of nitrogens with zero attached hydrogens (tertiary/aromatic N) is 3. The van der Waals surface area contributed by atoms with Crippen LogP contribution in [0.5, 0.6) is 0 Å². The van der Waals surface area contributed by atoms with Crippen molar-refractivity contribution >= 4 is 17.7 Å². The fraction of sp³-hybridized carbons (Fsp3) is 0.480. The molecule has 10 heteroatoms. The number of piperidine rings is 1. The maximum Gasteiger partial charge on any atom is 0.490 e. The number of benzene rings is 1. The van der Waals surface area contributed by atoms with Crippen molar-refractivity contribution in [2.45, 2.75) is 51.2 Å². The maximum atomic E-state index is 12.6. The number of hydrogen-bond donors (Lipinski definition) is 2. The van der Waals surface area contributed by atoms with Gasteiger partial charge in [0.15, 0.2) is 0 Å². The summed E-state index contributed by atoms with van der Waals surface area (Å²) < 4.78 is 33.7. The van der Waals surface area contributed by atoms with E-state index in [-0.39, 0.29) is 5.91 Å². The predicted octanol–water partition coefficient (Wildman–Crippen LogP) is 5.07. The second-order valence-corrected chi connectivity index (χ2v) is 8.97. The van der Waals surface area contributed by atoms with E-state index in [1.165, 1.54) is 25.8 Å². The third-order valence-electron chi connectivity index (χ3n) is 6.23. The zero-order valence-corrected chi connectivity index (χ0v) is 19.7. The van der Waals surface area contributed by atoms with Gasteiger partial charge in [-0.3, -0.25) is 4.79 Å². The van der Waals surface area contributed by atoms with Gasteiger partial charge in [0.05, 0.1) is 12.2 Å². The smallest absolute Gasteiger partial charge is 0.475 e. The molecule has 2 heterocycles. The lowest BCUT2D eigenvalue weighted by Crippen LogP contribution is -2.38. The summed E-state index contributed by atoms with van der Waals surface area (Å²) >= 11 is 0. The monoisotopic (exact) mass is 492 g/mol. The molecule has 35 heavy (non-hydrogen) atoms. The van der Waals surface area contributed by atoms with E-state index in [4.69, 9.17) is 9.90 Å². The van der Waals surface area contributed by atoms with Gasteiger partial charge < -0.3 is 15.3 Å². The maximum absolute atomic E-state index is 12.6. The lowest BCUT2D eigenvalue weighted by molar-refractivity contribution is -0.192. The third-order valence-corrected chi connectivity index (χ3v) is 6.23. The number of aryl methyl sites for hydroxylation is 1. The number of amides is 1. The van der Waals surface area contributed by atoms with E-state index in [0.717, 1.165) is 43.2 Å². The Balaban J connectivity index is 0.000000429. The molecule has 1 aromatic carbocycles. The van der Waals surface area contributed by atoms with Crippen molar-refractivity contribution < 1.29 is 27.9 Å². The highest BCUT2D eigenvalue weighted by Gasteiger charge is 2.38. The summed E-state index contributed by atoms with van der Waals surface area (Å²) in [5.74, 6) is -1.22. The molecule has 1 aromatic heterocycles. The summed E-state index contributed by atoms with van der Waals surface area (Å²) in [6.45, 7) is 5.43. The van der Waals surface area contributed by atoms with E-state index in [1.54, 1.807) is 6.20 Å². The van der Waals surface area contributed by atoms with Crippen LogP contribution in [0.4, 0.5) is 19.0 Å². The van der Waals surface area contributed by atoms with Crippen LogP contribution in [0.3, 0.4) is 0 Å². The zero-order chi connectivity index (χ0) is 25.4.